The minimum absolute atomic E-state index is 0.371. The maximum Gasteiger partial charge on any atom is 0.120 e. The van der Waals surface area contributed by atoms with Crippen LogP contribution in [0.2, 0.25) is 0 Å². The molecule has 1 aromatic carbocycles. The number of nitrogens with two attached hydrogens (primary N) is 1. The third-order valence-electron chi connectivity index (χ3n) is 4.40. The summed E-state index contributed by atoms with van der Waals surface area (Å²) in [5, 5.41) is 4.50. The summed E-state index contributed by atoms with van der Waals surface area (Å²) in [6.07, 6.45) is 7.05. The summed E-state index contributed by atoms with van der Waals surface area (Å²) in [4.78, 5) is 5.61. The number of rotatable bonds is 5. The molecule has 2 N–H and O–H groups in total. The maximum atomic E-state index is 6.01. The first-order chi connectivity index (χ1) is 9.83. The lowest BCUT2D eigenvalue weighted by Crippen LogP contribution is -2.30. The van der Waals surface area contributed by atoms with Crippen LogP contribution in [0.5, 0.6) is 0 Å². The summed E-state index contributed by atoms with van der Waals surface area (Å²) in [5.41, 5.74) is 8.33. The zero-order valence-corrected chi connectivity index (χ0v) is 12.0. The summed E-state index contributed by atoms with van der Waals surface area (Å²) < 4.78 is 0. The highest BCUT2D eigenvalue weighted by atomic mass is 16.6. The molecule has 0 radical (unpaired) electrons. The second-order valence-electron chi connectivity index (χ2n) is 6.19. The highest BCUT2D eigenvalue weighted by Gasteiger charge is 2.25. The van der Waals surface area contributed by atoms with Crippen molar-refractivity contribution in [2.24, 2.45) is 22.7 Å². The molecule has 3 heteroatoms. The smallest absolute Gasteiger partial charge is 0.120 e. The van der Waals surface area contributed by atoms with Crippen molar-refractivity contribution >= 4 is 5.71 Å². The Kier molecular flexibility index (Phi) is 4.36. The van der Waals surface area contributed by atoms with Gasteiger partial charge in [-0.15, -0.1) is 0 Å². The third-order valence-corrected chi connectivity index (χ3v) is 4.40. The number of benzene rings is 1. The van der Waals surface area contributed by atoms with Crippen molar-refractivity contribution in [3.05, 3.63) is 35.9 Å². The van der Waals surface area contributed by atoms with Gasteiger partial charge in [0, 0.05) is 12.0 Å². The van der Waals surface area contributed by atoms with Crippen molar-refractivity contribution in [1.29, 1.82) is 0 Å². The van der Waals surface area contributed by atoms with Gasteiger partial charge in [0.2, 0.25) is 0 Å². The molecule has 0 aromatic heterocycles. The van der Waals surface area contributed by atoms with E-state index in [2.05, 4.69) is 29.4 Å². The van der Waals surface area contributed by atoms with Gasteiger partial charge in [-0.05, 0) is 50.0 Å². The van der Waals surface area contributed by atoms with E-state index in [-0.39, 0.29) is 0 Å². The maximum absolute atomic E-state index is 6.01. The van der Waals surface area contributed by atoms with Crippen molar-refractivity contribution in [3.63, 3.8) is 0 Å². The van der Waals surface area contributed by atoms with Crippen molar-refractivity contribution in [3.8, 4) is 0 Å². The molecule has 1 aromatic rings. The molecule has 0 bridgehead atoms. The second kappa shape index (κ2) is 6.40. The molecule has 2 fully saturated rings. The van der Waals surface area contributed by atoms with E-state index in [0.29, 0.717) is 12.0 Å². The molecule has 0 atom stereocenters. The summed E-state index contributed by atoms with van der Waals surface area (Å²) in [7, 11) is 0. The third kappa shape index (κ3) is 3.60. The number of nitrogens with zero attached hydrogens (tertiary/aromatic N) is 1. The van der Waals surface area contributed by atoms with Gasteiger partial charge in [0.1, 0.15) is 6.61 Å². The molecular weight excluding hydrogens is 248 g/mol. The van der Waals surface area contributed by atoms with Crippen molar-refractivity contribution in [1.82, 2.24) is 0 Å². The van der Waals surface area contributed by atoms with E-state index in [4.69, 9.17) is 10.6 Å². The minimum atomic E-state index is 0.371. The standard InChI is InChI=1S/C17H24N2O/c18-16-10-8-15(9-11-16)17(14-4-2-1-3-5-14)19-20-12-13-6-7-13/h1-5,13,15-16H,6-12,18H2/b19-17+. The van der Waals surface area contributed by atoms with Gasteiger partial charge in [0.25, 0.3) is 0 Å². The lowest BCUT2D eigenvalue weighted by atomic mass is 9.81. The fourth-order valence-corrected chi connectivity index (χ4v) is 2.86. The Balaban J connectivity index is 1.71. The largest absolute Gasteiger partial charge is 0.395 e. The molecule has 2 aliphatic rings. The van der Waals surface area contributed by atoms with Gasteiger partial charge in [0.05, 0.1) is 5.71 Å². The van der Waals surface area contributed by atoms with E-state index >= 15 is 0 Å². The van der Waals surface area contributed by atoms with Gasteiger partial charge in [-0.2, -0.15) is 0 Å². The van der Waals surface area contributed by atoms with E-state index in [1.165, 1.54) is 18.4 Å². The Labute approximate surface area is 121 Å². The van der Waals surface area contributed by atoms with E-state index in [1.54, 1.807) is 0 Å². The zero-order valence-electron chi connectivity index (χ0n) is 12.0. The van der Waals surface area contributed by atoms with Crippen LogP contribution in [-0.4, -0.2) is 18.4 Å². The second-order valence-corrected chi connectivity index (χ2v) is 6.19. The summed E-state index contributed by atoms with van der Waals surface area (Å²) in [6, 6.07) is 10.8. The highest BCUT2D eigenvalue weighted by molar-refractivity contribution is 6.01. The summed E-state index contributed by atoms with van der Waals surface area (Å²) in [6.45, 7) is 0.780. The van der Waals surface area contributed by atoms with Crippen LogP contribution in [0, 0.1) is 11.8 Å². The van der Waals surface area contributed by atoms with Gasteiger partial charge in [0.15, 0.2) is 0 Å². The summed E-state index contributed by atoms with van der Waals surface area (Å²) >= 11 is 0. The Morgan fingerprint density at radius 3 is 2.40 bits per heavy atom. The molecule has 0 amide bonds. The molecule has 0 spiro atoms. The van der Waals surface area contributed by atoms with Crippen LogP contribution in [0.25, 0.3) is 0 Å². The Morgan fingerprint density at radius 1 is 1.05 bits per heavy atom. The molecule has 108 valence electrons. The van der Waals surface area contributed by atoms with Crippen LogP contribution in [0.1, 0.15) is 44.1 Å². The van der Waals surface area contributed by atoms with Gasteiger partial charge >= 0.3 is 0 Å². The lowest BCUT2D eigenvalue weighted by molar-refractivity contribution is 0.132. The molecule has 0 unspecified atom stereocenters. The van der Waals surface area contributed by atoms with E-state index < -0.39 is 0 Å². The average Bonchev–Trinajstić information content (AvgIpc) is 3.30. The molecule has 2 aliphatic carbocycles. The highest BCUT2D eigenvalue weighted by Crippen LogP contribution is 2.30. The molecule has 0 saturated heterocycles. The van der Waals surface area contributed by atoms with Crippen LogP contribution in [-0.2, 0) is 4.84 Å². The van der Waals surface area contributed by atoms with E-state index in [9.17, 15) is 0 Å². The molecule has 0 heterocycles. The molecule has 20 heavy (non-hydrogen) atoms. The number of hydrogen-bond donors (Lipinski definition) is 1. The number of oxime groups is 1. The van der Waals surface area contributed by atoms with Crippen LogP contribution >= 0.6 is 0 Å². The fraction of sp³-hybridized carbons (Fsp3) is 0.588. The monoisotopic (exact) mass is 272 g/mol. The van der Waals surface area contributed by atoms with Crippen molar-refractivity contribution in [2.75, 3.05) is 6.61 Å². The van der Waals surface area contributed by atoms with Crippen LogP contribution in [0.15, 0.2) is 35.5 Å². The zero-order chi connectivity index (χ0) is 13.8. The molecular formula is C17H24N2O. The molecule has 3 rings (SSSR count). The van der Waals surface area contributed by atoms with Gasteiger partial charge in [-0.25, -0.2) is 0 Å². The first-order valence-corrected chi connectivity index (χ1v) is 7.84. The van der Waals surface area contributed by atoms with Gasteiger partial charge < -0.3 is 10.6 Å². The molecule has 3 nitrogen and oxygen atoms in total. The van der Waals surface area contributed by atoms with Crippen LogP contribution in [0.3, 0.4) is 0 Å². The molecule has 2 saturated carbocycles. The Morgan fingerprint density at radius 2 is 1.75 bits per heavy atom. The van der Waals surface area contributed by atoms with Crippen molar-refractivity contribution < 1.29 is 4.84 Å². The van der Waals surface area contributed by atoms with Gasteiger partial charge in [-0.3, -0.25) is 0 Å². The van der Waals surface area contributed by atoms with Crippen molar-refractivity contribution in [2.45, 2.75) is 44.6 Å². The number of hydrogen-bond acceptors (Lipinski definition) is 3. The normalized spacial score (nSPS) is 27.4. The van der Waals surface area contributed by atoms with Crippen LogP contribution < -0.4 is 5.73 Å². The first-order valence-electron chi connectivity index (χ1n) is 7.84. The Hall–Kier alpha value is -1.35. The van der Waals surface area contributed by atoms with E-state index in [1.807, 2.05) is 6.07 Å². The SMILES string of the molecule is NC1CCC(/C(=N/OCC2CC2)c2ccccc2)CC1. The Bertz CT molecular complexity index is 445. The van der Waals surface area contributed by atoms with Gasteiger partial charge in [-0.1, -0.05) is 35.5 Å². The fourth-order valence-electron chi connectivity index (χ4n) is 2.86. The predicted molar refractivity (Wildman–Crippen MR) is 81.6 cm³/mol. The summed E-state index contributed by atoms with van der Waals surface area (Å²) in [5.74, 6) is 1.24. The minimum Gasteiger partial charge on any atom is -0.395 e. The first kappa shape index (κ1) is 13.6. The average molecular weight is 272 g/mol. The predicted octanol–water partition coefficient (Wildman–Crippen LogP) is 3.33. The molecule has 0 aliphatic heterocycles. The van der Waals surface area contributed by atoms with Crippen LogP contribution in [0.4, 0.5) is 0 Å². The van der Waals surface area contributed by atoms with E-state index in [0.717, 1.165) is 43.9 Å². The lowest BCUT2D eigenvalue weighted by Gasteiger charge is -2.27. The quantitative estimate of drug-likeness (QED) is 0.660. The topological polar surface area (TPSA) is 47.6 Å².